The second-order valence-electron chi connectivity index (χ2n) is 14.7. The Kier molecular flexibility index (Phi) is 40.4. The summed E-state index contributed by atoms with van der Waals surface area (Å²) >= 11 is 0. The number of allylic oxidation sites excluding steroid dienone is 7. The van der Waals surface area contributed by atoms with Crippen LogP contribution in [-0.4, -0.2) is 34.9 Å². The van der Waals surface area contributed by atoms with Gasteiger partial charge in [-0.2, -0.15) is 0 Å². The Labute approximate surface area is 312 Å². The first kappa shape index (κ1) is 48.3. The fourth-order valence-electron chi connectivity index (χ4n) is 6.38. The van der Waals surface area contributed by atoms with E-state index in [4.69, 9.17) is 0 Å². The zero-order chi connectivity index (χ0) is 36.4. The number of aliphatic hydroxyl groups is 2. The molecule has 0 fully saturated rings. The highest BCUT2D eigenvalue weighted by Gasteiger charge is 2.17. The monoisotopic (exact) mass is 700 g/mol. The van der Waals surface area contributed by atoms with Crippen LogP contribution in [0.25, 0.3) is 0 Å². The number of carbonyl (C=O) groups excluding carboxylic acids is 1. The van der Waals surface area contributed by atoms with Gasteiger partial charge in [0.15, 0.2) is 0 Å². The summed E-state index contributed by atoms with van der Waals surface area (Å²) in [5.41, 5.74) is 0. The van der Waals surface area contributed by atoms with Gasteiger partial charge in [-0.25, -0.2) is 0 Å². The molecule has 4 nitrogen and oxygen atoms in total. The minimum absolute atomic E-state index is 0.0821. The van der Waals surface area contributed by atoms with Gasteiger partial charge in [-0.1, -0.05) is 191 Å². The molecule has 0 heterocycles. The van der Waals surface area contributed by atoms with E-state index < -0.39 is 12.1 Å². The van der Waals surface area contributed by atoms with E-state index in [1.54, 1.807) is 6.08 Å². The van der Waals surface area contributed by atoms with Crippen molar-refractivity contribution in [2.45, 2.75) is 231 Å². The molecular weight excluding hydrogens is 615 g/mol. The Hall–Kier alpha value is -1.65. The van der Waals surface area contributed by atoms with Crippen LogP contribution in [-0.2, 0) is 4.79 Å². The minimum atomic E-state index is -0.870. The van der Waals surface area contributed by atoms with Crippen LogP contribution >= 0.6 is 0 Å². The molecule has 3 N–H and O–H groups in total. The van der Waals surface area contributed by atoms with Crippen molar-refractivity contribution < 1.29 is 15.0 Å². The lowest BCUT2D eigenvalue weighted by Crippen LogP contribution is -2.45. The summed E-state index contributed by atoms with van der Waals surface area (Å²) in [5.74, 6) is -0.0821. The maximum Gasteiger partial charge on any atom is 0.220 e. The molecule has 4 heteroatoms. The number of nitrogens with one attached hydrogen (secondary N) is 1. The molecule has 50 heavy (non-hydrogen) atoms. The van der Waals surface area contributed by atoms with Gasteiger partial charge < -0.3 is 15.5 Å². The first-order valence-electron chi connectivity index (χ1n) is 21.9. The quantitative estimate of drug-likeness (QED) is 0.0442. The van der Waals surface area contributed by atoms with E-state index in [-0.39, 0.29) is 12.5 Å². The summed E-state index contributed by atoms with van der Waals surface area (Å²) in [6.45, 7) is 4.27. The average molecular weight is 700 g/mol. The number of unbranched alkanes of at least 4 members (excludes halogenated alkanes) is 26. The highest BCUT2D eigenvalue weighted by atomic mass is 16.3. The zero-order valence-electron chi connectivity index (χ0n) is 33.4. The lowest BCUT2D eigenvalue weighted by atomic mass is 10.0. The van der Waals surface area contributed by atoms with E-state index in [2.05, 4.69) is 55.6 Å². The third-order valence-electron chi connectivity index (χ3n) is 9.76. The fraction of sp³-hybridized carbons (Fsp3) is 0.804. The topological polar surface area (TPSA) is 69.6 Å². The Morgan fingerprint density at radius 2 is 0.780 bits per heavy atom. The van der Waals surface area contributed by atoms with Gasteiger partial charge in [-0.05, 0) is 70.6 Å². The largest absolute Gasteiger partial charge is 0.394 e. The molecular formula is C46H85NO3. The van der Waals surface area contributed by atoms with E-state index in [0.717, 1.165) is 38.5 Å². The summed E-state index contributed by atoms with van der Waals surface area (Å²) < 4.78 is 0. The number of carbonyl (C=O) groups is 1. The van der Waals surface area contributed by atoms with Crippen molar-refractivity contribution in [3.05, 3.63) is 48.6 Å². The molecule has 0 rings (SSSR count). The Morgan fingerprint density at radius 3 is 1.18 bits per heavy atom. The third-order valence-corrected chi connectivity index (χ3v) is 9.76. The van der Waals surface area contributed by atoms with Crippen LogP contribution in [0.2, 0.25) is 0 Å². The van der Waals surface area contributed by atoms with Gasteiger partial charge in [-0.3, -0.25) is 4.79 Å². The van der Waals surface area contributed by atoms with Crippen LogP contribution < -0.4 is 5.32 Å². The van der Waals surface area contributed by atoms with Crippen LogP contribution in [0.1, 0.15) is 219 Å². The Bertz CT molecular complexity index is 801. The van der Waals surface area contributed by atoms with E-state index in [1.807, 2.05) is 6.08 Å². The standard InChI is InChI=1S/C46H85NO3/c1-3-5-7-9-11-13-15-17-19-20-21-22-23-24-25-26-27-28-30-32-34-36-38-40-42-46(50)47-44(43-48)45(49)41-39-37-35-33-31-29-18-16-14-12-10-8-6-4-2/h14,16,24-25,31,33,39,41,44-45,48-49H,3-13,15,17-23,26-30,32,34-38,40,42-43H2,1-2H3,(H,47,50)/b16-14+,25-24-,33-31+,41-39+. The van der Waals surface area contributed by atoms with Gasteiger partial charge in [0.2, 0.25) is 5.91 Å². The van der Waals surface area contributed by atoms with Crippen LogP contribution in [0, 0.1) is 0 Å². The smallest absolute Gasteiger partial charge is 0.220 e. The molecule has 292 valence electrons. The Morgan fingerprint density at radius 1 is 0.460 bits per heavy atom. The van der Waals surface area contributed by atoms with Gasteiger partial charge in [0.1, 0.15) is 0 Å². The van der Waals surface area contributed by atoms with Gasteiger partial charge >= 0.3 is 0 Å². The molecule has 0 aliphatic heterocycles. The second-order valence-corrected chi connectivity index (χ2v) is 14.7. The second kappa shape index (κ2) is 41.8. The predicted molar refractivity (Wildman–Crippen MR) is 221 cm³/mol. The molecule has 0 aromatic heterocycles. The summed E-state index contributed by atoms with van der Waals surface area (Å²) in [6, 6.07) is -0.646. The Balaban J connectivity index is 3.59. The summed E-state index contributed by atoms with van der Waals surface area (Å²) in [5, 5.41) is 22.9. The van der Waals surface area contributed by atoms with Crippen molar-refractivity contribution in [2.24, 2.45) is 0 Å². The van der Waals surface area contributed by atoms with Crippen molar-refractivity contribution in [2.75, 3.05) is 6.61 Å². The number of rotatable bonds is 39. The molecule has 0 aromatic rings. The van der Waals surface area contributed by atoms with Crippen LogP contribution in [0.5, 0.6) is 0 Å². The van der Waals surface area contributed by atoms with Crippen molar-refractivity contribution >= 4 is 5.91 Å². The lowest BCUT2D eigenvalue weighted by Gasteiger charge is -2.19. The molecule has 0 bridgehead atoms. The summed E-state index contributed by atoms with van der Waals surface area (Å²) in [6.07, 6.45) is 56.5. The number of hydrogen-bond donors (Lipinski definition) is 3. The average Bonchev–Trinajstić information content (AvgIpc) is 3.12. The van der Waals surface area contributed by atoms with Crippen molar-refractivity contribution in [3.8, 4) is 0 Å². The van der Waals surface area contributed by atoms with Crippen LogP contribution in [0.3, 0.4) is 0 Å². The normalized spacial score (nSPS) is 13.4. The summed E-state index contributed by atoms with van der Waals surface area (Å²) in [7, 11) is 0. The van der Waals surface area contributed by atoms with E-state index >= 15 is 0 Å². The number of amides is 1. The van der Waals surface area contributed by atoms with Crippen molar-refractivity contribution in [3.63, 3.8) is 0 Å². The van der Waals surface area contributed by atoms with Gasteiger partial charge in [0, 0.05) is 6.42 Å². The first-order valence-corrected chi connectivity index (χ1v) is 21.9. The van der Waals surface area contributed by atoms with Crippen LogP contribution in [0.15, 0.2) is 48.6 Å². The highest BCUT2D eigenvalue weighted by Crippen LogP contribution is 2.14. The molecule has 0 spiro atoms. The lowest BCUT2D eigenvalue weighted by molar-refractivity contribution is -0.123. The van der Waals surface area contributed by atoms with E-state index in [1.165, 1.54) is 161 Å². The third kappa shape index (κ3) is 37.6. The molecule has 0 aromatic carbocycles. The summed E-state index contributed by atoms with van der Waals surface area (Å²) in [4.78, 5) is 12.4. The minimum Gasteiger partial charge on any atom is -0.394 e. The highest BCUT2D eigenvalue weighted by molar-refractivity contribution is 5.76. The van der Waals surface area contributed by atoms with E-state index in [0.29, 0.717) is 6.42 Å². The molecule has 0 radical (unpaired) electrons. The molecule has 0 aliphatic rings. The molecule has 2 atom stereocenters. The van der Waals surface area contributed by atoms with Gasteiger partial charge in [-0.15, -0.1) is 0 Å². The first-order chi connectivity index (χ1) is 24.7. The molecule has 0 saturated carbocycles. The molecule has 0 aliphatic carbocycles. The zero-order valence-corrected chi connectivity index (χ0v) is 33.4. The fourth-order valence-corrected chi connectivity index (χ4v) is 6.38. The molecule has 1 amide bonds. The van der Waals surface area contributed by atoms with E-state index in [9.17, 15) is 15.0 Å². The van der Waals surface area contributed by atoms with Gasteiger partial charge in [0.05, 0.1) is 18.8 Å². The predicted octanol–water partition coefficient (Wildman–Crippen LogP) is 13.6. The van der Waals surface area contributed by atoms with Crippen LogP contribution in [0.4, 0.5) is 0 Å². The maximum atomic E-state index is 12.4. The number of aliphatic hydroxyl groups excluding tert-OH is 2. The molecule has 0 saturated heterocycles. The molecule has 2 unspecified atom stereocenters. The maximum absolute atomic E-state index is 12.4. The SMILES string of the molecule is CCCCCC/C=C/CC/C=C/CC/C=C/C(O)C(CO)NC(=O)CCCCCCCCCC/C=C\CCCCCCCCCCCCCC. The van der Waals surface area contributed by atoms with Crippen molar-refractivity contribution in [1.29, 1.82) is 0 Å². The number of hydrogen-bond acceptors (Lipinski definition) is 3. The van der Waals surface area contributed by atoms with Crippen molar-refractivity contribution in [1.82, 2.24) is 5.32 Å². The van der Waals surface area contributed by atoms with Gasteiger partial charge in [0.25, 0.3) is 0 Å².